The summed E-state index contributed by atoms with van der Waals surface area (Å²) in [5.74, 6) is 0. The third kappa shape index (κ3) is 4.57. The minimum Gasteiger partial charge on any atom is -0.247 e. The van der Waals surface area contributed by atoms with E-state index in [0.717, 1.165) is 59.6 Å². The molecule has 2 aliphatic carbocycles. The maximum absolute atomic E-state index is 5.31. The van der Waals surface area contributed by atoms with E-state index in [0.29, 0.717) is 0 Å². The molecular formula is C44H32N2. The highest BCUT2D eigenvalue weighted by Crippen LogP contribution is 2.43. The van der Waals surface area contributed by atoms with Crippen molar-refractivity contribution in [2.75, 3.05) is 0 Å². The van der Waals surface area contributed by atoms with Gasteiger partial charge in [-0.15, -0.1) is 0 Å². The van der Waals surface area contributed by atoms with Crippen molar-refractivity contribution >= 4 is 0 Å². The Kier molecular flexibility index (Phi) is 6.45. The molecular weight excluding hydrogens is 556 g/mol. The van der Waals surface area contributed by atoms with E-state index in [1.165, 1.54) is 55.6 Å². The average Bonchev–Trinajstić information content (AvgIpc) is 3.14. The van der Waals surface area contributed by atoms with Crippen LogP contribution >= 0.6 is 0 Å². The molecule has 2 aliphatic rings. The number of hydrogen-bond acceptors (Lipinski definition) is 2. The molecule has 0 saturated heterocycles. The standard InChI is InChI=1S/C44H32N2/c1-3-14-31(15-4-1)41-27-39(37-24-22-29-12-7-9-20-35(29)43(37)45-41)33-18-11-19-34(26-33)40-28-42(32-16-5-2-6-17-32)46-44-36-21-10-8-13-30(36)23-25-38(40)44/h1-21,26-28H,22-25H2. The zero-order valence-electron chi connectivity index (χ0n) is 25.6. The summed E-state index contributed by atoms with van der Waals surface area (Å²) in [7, 11) is 0. The molecule has 0 bridgehead atoms. The minimum atomic E-state index is 0.980. The first-order valence-corrected chi connectivity index (χ1v) is 16.3. The van der Waals surface area contributed by atoms with Gasteiger partial charge in [0.2, 0.25) is 0 Å². The predicted octanol–water partition coefficient (Wildman–Crippen LogP) is 10.7. The topological polar surface area (TPSA) is 25.8 Å². The molecule has 2 heterocycles. The van der Waals surface area contributed by atoms with Gasteiger partial charge in [-0.3, -0.25) is 0 Å². The van der Waals surface area contributed by atoms with Gasteiger partial charge in [0.15, 0.2) is 0 Å². The van der Waals surface area contributed by atoms with Crippen molar-refractivity contribution in [3.8, 4) is 67.3 Å². The van der Waals surface area contributed by atoms with Crippen LogP contribution in [0, 0.1) is 0 Å². The summed E-state index contributed by atoms with van der Waals surface area (Å²) in [6, 6.07) is 52.5. The van der Waals surface area contributed by atoms with Gasteiger partial charge in [0.25, 0.3) is 0 Å². The Hall–Kier alpha value is -5.60. The predicted molar refractivity (Wildman–Crippen MR) is 189 cm³/mol. The molecule has 218 valence electrons. The highest BCUT2D eigenvalue weighted by Gasteiger charge is 2.25. The van der Waals surface area contributed by atoms with Crippen LogP contribution in [0.15, 0.2) is 146 Å². The first-order valence-electron chi connectivity index (χ1n) is 16.3. The van der Waals surface area contributed by atoms with Gasteiger partial charge in [0, 0.05) is 22.3 Å². The fraction of sp³-hybridized carbons (Fsp3) is 0.0909. The van der Waals surface area contributed by atoms with Crippen LogP contribution in [0.3, 0.4) is 0 Å². The molecule has 0 spiro atoms. The van der Waals surface area contributed by atoms with Gasteiger partial charge >= 0.3 is 0 Å². The Bertz CT molecular complexity index is 2090. The number of fused-ring (bicyclic) bond motifs is 6. The van der Waals surface area contributed by atoms with Crippen LogP contribution in [0.5, 0.6) is 0 Å². The smallest absolute Gasteiger partial charge is 0.0750 e. The van der Waals surface area contributed by atoms with Crippen LogP contribution in [0.1, 0.15) is 22.3 Å². The summed E-state index contributed by atoms with van der Waals surface area (Å²) in [6.07, 6.45) is 4.01. The first kappa shape index (κ1) is 26.8. The molecule has 0 amide bonds. The van der Waals surface area contributed by atoms with Crippen molar-refractivity contribution in [3.63, 3.8) is 0 Å². The van der Waals surface area contributed by atoms with E-state index in [1.807, 2.05) is 0 Å². The Balaban J connectivity index is 1.26. The lowest BCUT2D eigenvalue weighted by molar-refractivity contribution is 0.929. The summed E-state index contributed by atoms with van der Waals surface area (Å²) in [5.41, 5.74) is 19.5. The molecule has 2 aromatic heterocycles. The molecule has 0 radical (unpaired) electrons. The second-order valence-electron chi connectivity index (χ2n) is 12.4. The molecule has 0 aliphatic heterocycles. The molecule has 0 saturated carbocycles. The average molecular weight is 589 g/mol. The van der Waals surface area contributed by atoms with Crippen LogP contribution < -0.4 is 0 Å². The first-order chi connectivity index (χ1) is 22.8. The number of benzene rings is 5. The third-order valence-corrected chi connectivity index (χ3v) is 9.71. The molecule has 0 fully saturated rings. The maximum atomic E-state index is 5.31. The molecule has 0 N–H and O–H groups in total. The highest BCUT2D eigenvalue weighted by molar-refractivity contribution is 5.87. The van der Waals surface area contributed by atoms with Crippen LogP contribution in [-0.4, -0.2) is 9.97 Å². The van der Waals surface area contributed by atoms with E-state index in [2.05, 4.69) is 146 Å². The normalized spacial score (nSPS) is 12.9. The SMILES string of the molecule is c1ccc(-c2cc(-c3cccc(-c4cc(-c5ccccc5)nc5c4CCc4ccccc4-5)c3)c3c(n2)-c2ccccc2CC3)cc1. The summed E-state index contributed by atoms with van der Waals surface area (Å²) >= 11 is 0. The van der Waals surface area contributed by atoms with E-state index >= 15 is 0 Å². The van der Waals surface area contributed by atoms with E-state index in [-0.39, 0.29) is 0 Å². The molecule has 2 heteroatoms. The van der Waals surface area contributed by atoms with Gasteiger partial charge in [-0.25, -0.2) is 9.97 Å². The minimum absolute atomic E-state index is 0.980. The zero-order valence-corrected chi connectivity index (χ0v) is 25.6. The summed E-state index contributed by atoms with van der Waals surface area (Å²) in [5, 5.41) is 0. The fourth-order valence-corrected chi connectivity index (χ4v) is 7.44. The monoisotopic (exact) mass is 588 g/mol. The van der Waals surface area contributed by atoms with Gasteiger partial charge in [-0.2, -0.15) is 0 Å². The second-order valence-corrected chi connectivity index (χ2v) is 12.4. The van der Waals surface area contributed by atoms with Crippen molar-refractivity contribution in [2.24, 2.45) is 0 Å². The molecule has 46 heavy (non-hydrogen) atoms. The van der Waals surface area contributed by atoms with E-state index in [9.17, 15) is 0 Å². The van der Waals surface area contributed by atoms with Crippen LogP contribution in [-0.2, 0) is 25.7 Å². The Labute approximate surface area is 270 Å². The van der Waals surface area contributed by atoms with Crippen molar-refractivity contribution < 1.29 is 0 Å². The second kappa shape index (κ2) is 11.1. The molecule has 0 atom stereocenters. The fourth-order valence-electron chi connectivity index (χ4n) is 7.44. The maximum Gasteiger partial charge on any atom is 0.0750 e. The van der Waals surface area contributed by atoms with Crippen molar-refractivity contribution in [3.05, 3.63) is 168 Å². The Morgan fingerprint density at radius 2 is 0.739 bits per heavy atom. The highest BCUT2D eigenvalue weighted by atomic mass is 14.7. The van der Waals surface area contributed by atoms with Gasteiger partial charge < -0.3 is 0 Å². The van der Waals surface area contributed by atoms with Crippen molar-refractivity contribution in [1.82, 2.24) is 9.97 Å². The number of aryl methyl sites for hydroxylation is 2. The summed E-state index contributed by atoms with van der Waals surface area (Å²) < 4.78 is 0. The van der Waals surface area contributed by atoms with Crippen LogP contribution in [0.4, 0.5) is 0 Å². The third-order valence-electron chi connectivity index (χ3n) is 9.71. The van der Waals surface area contributed by atoms with Crippen molar-refractivity contribution in [2.45, 2.75) is 25.7 Å². The molecule has 5 aromatic carbocycles. The number of hydrogen-bond donors (Lipinski definition) is 0. The lowest BCUT2D eigenvalue weighted by Crippen LogP contribution is -2.09. The van der Waals surface area contributed by atoms with Gasteiger partial charge in [-0.05, 0) is 88.4 Å². The number of pyridine rings is 2. The number of rotatable bonds is 4. The van der Waals surface area contributed by atoms with Gasteiger partial charge in [-0.1, -0.05) is 127 Å². The quantitative estimate of drug-likeness (QED) is 0.204. The summed E-state index contributed by atoms with van der Waals surface area (Å²) in [6.45, 7) is 0. The van der Waals surface area contributed by atoms with Crippen LogP contribution in [0.25, 0.3) is 67.3 Å². The number of aromatic nitrogens is 2. The molecule has 2 nitrogen and oxygen atoms in total. The van der Waals surface area contributed by atoms with E-state index in [1.54, 1.807) is 0 Å². The molecule has 9 rings (SSSR count). The van der Waals surface area contributed by atoms with Crippen molar-refractivity contribution in [1.29, 1.82) is 0 Å². The zero-order chi connectivity index (χ0) is 30.5. The Morgan fingerprint density at radius 3 is 1.22 bits per heavy atom. The number of nitrogens with zero attached hydrogens (tertiary/aromatic N) is 2. The largest absolute Gasteiger partial charge is 0.247 e. The van der Waals surface area contributed by atoms with E-state index < -0.39 is 0 Å². The Morgan fingerprint density at radius 1 is 0.326 bits per heavy atom. The summed E-state index contributed by atoms with van der Waals surface area (Å²) in [4.78, 5) is 10.6. The molecule has 7 aromatic rings. The molecule has 0 unspecified atom stereocenters. The van der Waals surface area contributed by atoms with Gasteiger partial charge in [0.05, 0.1) is 22.8 Å². The van der Waals surface area contributed by atoms with Gasteiger partial charge in [0.1, 0.15) is 0 Å². The van der Waals surface area contributed by atoms with Crippen LogP contribution in [0.2, 0.25) is 0 Å². The lowest BCUT2D eigenvalue weighted by Gasteiger charge is -2.24. The van der Waals surface area contributed by atoms with E-state index in [4.69, 9.17) is 9.97 Å². The lowest BCUT2D eigenvalue weighted by atomic mass is 9.82.